The molecule has 21 heavy (non-hydrogen) atoms. The number of amides is 2. The molecule has 2 aromatic rings. The molecule has 1 heterocycles. The highest BCUT2D eigenvalue weighted by atomic mass is 79.9. The summed E-state index contributed by atoms with van der Waals surface area (Å²) in [5.41, 5.74) is 10.4. The first kappa shape index (κ1) is 14.1. The van der Waals surface area contributed by atoms with Gasteiger partial charge in [0.2, 0.25) is 0 Å². The first-order valence-electron chi connectivity index (χ1n) is 6.71. The summed E-state index contributed by atoms with van der Waals surface area (Å²) in [6.07, 6.45) is 0. The Kier molecular flexibility index (Phi) is 3.69. The molecule has 3 rings (SSSR count). The quantitative estimate of drug-likeness (QED) is 0.875. The number of fused-ring (bicyclic) bond motifs is 1. The van der Waals surface area contributed by atoms with E-state index in [9.17, 15) is 4.79 Å². The molecule has 0 aromatic heterocycles. The Morgan fingerprint density at radius 1 is 1.29 bits per heavy atom. The number of halogens is 1. The zero-order chi connectivity index (χ0) is 15.0. The molecule has 2 aromatic carbocycles. The summed E-state index contributed by atoms with van der Waals surface area (Å²) in [7, 11) is 1.78. The van der Waals surface area contributed by atoms with E-state index in [4.69, 9.17) is 5.73 Å². The van der Waals surface area contributed by atoms with Gasteiger partial charge in [-0.3, -0.25) is 0 Å². The molecular weight excluding hydrogens is 330 g/mol. The van der Waals surface area contributed by atoms with E-state index in [0.29, 0.717) is 6.54 Å². The van der Waals surface area contributed by atoms with Crippen molar-refractivity contribution in [1.82, 2.24) is 4.90 Å². The summed E-state index contributed by atoms with van der Waals surface area (Å²) >= 11 is 3.54. The van der Waals surface area contributed by atoms with E-state index >= 15 is 0 Å². The molecule has 0 aliphatic carbocycles. The summed E-state index contributed by atoms with van der Waals surface area (Å²) in [4.78, 5) is 13.3. The lowest BCUT2D eigenvalue weighted by atomic mass is 9.96. The number of urea groups is 1. The normalized spacial score (nSPS) is 15.4. The van der Waals surface area contributed by atoms with Crippen molar-refractivity contribution in [3.05, 3.63) is 63.6 Å². The lowest BCUT2D eigenvalue weighted by Crippen LogP contribution is -2.35. The standard InChI is InChI=1S/C16H16BrN3O/c1-20-9-11-8-10(6-7-14(11)19-16(20)21)15(18)12-4-2-3-5-13(12)17/h2-8,15H,9,18H2,1H3,(H,19,21). The number of nitrogens with two attached hydrogens (primary N) is 1. The number of carbonyl (C=O) groups excluding carboxylic acids is 1. The number of benzene rings is 2. The molecule has 108 valence electrons. The van der Waals surface area contributed by atoms with Gasteiger partial charge >= 0.3 is 6.03 Å². The third-order valence-corrected chi connectivity index (χ3v) is 4.45. The maximum atomic E-state index is 11.6. The van der Waals surface area contributed by atoms with E-state index in [1.54, 1.807) is 11.9 Å². The molecule has 0 spiro atoms. The summed E-state index contributed by atoms with van der Waals surface area (Å²) in [5.74, 6) is 0. The molecule has 5 heteroatoms. The molecule has 0 bridgehead atoms. The van der Waals surface area contributed by atoms with Crippen LogP contribution in [0.3, 0.4) is 0 Å². The summed E-state index contributed by atoms with van der Waals surface area (Å²) in [6.45, 7) is 0.595. The summed E-state index contributed by atoms with van der Waals surface area (Å²) in [6, 6.07) is 13.6. The number of anilines is 1. The smallest absolute Gasteiger partial charge is 0.321 e. The van der Waals surface area contributed by atoms with E-state index in [2.05, 4.69) is 27.3 Å². The van der Waals surface area contributed by atoms with Crippen LogP contribution in [0.4, 0.5) is 10.5 Å². The van der Waals surface area contributed by atoms with E-state index in [1.165, 1.54) is 0 Å². The third kappa shape index (κ3) is 2.66. The molecule has 1 aliphatic rings. The van der Waals surface area contributed by atoms with Crippen LogP contribution in [0.15, 0.2) is 46.9 Å². The highest BCUT2D eigenvalue weighted by Gasteiger charge is 2.21. The van der Waals surface area contributed by atoms with E-state index in [1.807, 2.05) is 36.4 Å². The van der Waals surface area contributed by atoms with Crippen molar-refractivity contribution in [3.8, 4) is 0 Å². The van der Waals surface area contributed by atoms with Gasteiger partial charge in [-0.1, -0.05) is 46.3 Å². The molecule has 3 N–H and O–H groups in total. The van der Waals surface area contributed by atoms with E-state index in [-0.39, 0.29) is 12.1 Å². The van der Waals surface area contributed by atoms with Crippen molar-refractivity contribution < 1.29 is 4.79 Å². The maximum Gasteiger partial charge on any atom is 0.321 e. The van der Waals surface area contributed by atoms with Crippen molar-refractivity contribution in [3.63, 3.8) is 0 Å². The van der Waals surface area contributed by atoms with Crippen molar-refractivity contribution in [2.75, 3.05) is 12.4 Å². The Morgan fingerprint density at radius 2 is 2.05 bits per heavy atom. The Bertz CT molecular complexity index is 702. The van der Waals surface area contributed by atoms with Gasteiger partial charge in [-0.05, 0) is 28.8 Å². The second kappa shape index (κ2) is 5.50. The maximum absolute atomic E-state index is 11.6. The van der Waals surface area contributed by atoms with Gasteiger partial charge in [0.1, 0.15) is 0 Å². The van der Waals surface area contributed by atoms with Gasteiger partial charge in [0.15, 0.2) is 0 Å². The first-order valence-corrected chi connectivity index (χ1v) is 7.50. The van der Waals surface area contributed by atoms with Gasteiger partial charge in [0.25, 0.3) is 0 Å². The van der Waals surface area contributed by atoms with Crippen molar-refractivity contribution in [2.24, 2.45) is 5.73 Å². The van der Waals surface area contributed by atoms with Crippen LogP contribution in [0, 0.1) is 0 Å². The Labute approximate surface area is 132 Å². The zero-order valence-corrected chi connectivity index (χ0v) is 13.2. The minimum atomic E-state index is -0.200. The van der Waals surface area contributed by atoms with Crippen LogP contribution in [0.25, 0.3) is 0 Å². The fraction of sp³-hybridized carbons (Fsp3) is 0.188. The van der Waals surface area contributed by atoms with Gasteiger partial charge < -0.3 is 16.0 Å². The lowest BCUT2D eigenvalue weighted by Gasteiger charge is -2.27. The molecule has 1 aliphatic heterocycles. The molecule has 0 radical (unpaired) electrons. The number of carbonyl (C=O) groups is 1. The van der Waals surface area contributed by atoms with Crippen molar-refractivity contribution in [2.45, 2.75) is 12.6 Å². The number of nitrogens with zero attached hydrogens (tertiary/aromatic N) is 1. The Balaban J connectivity index is 1.96. The van der Waals surface area contributed by atoms with E-state index < -0.39 is 0 Å². The molecular formula is C16H16BrN3O. The van der Waals surface area contributed by atoms with Gasteiger partial charge in [0.05, 0.1) is 6.04 Å². The lowest BCUT2D eigenvalue weighted by molar-refractivity contribution is 0.218. The van der Waals surface area contributed by atoms with Gasteiger partial charge in [-0.25, -0.2) is 4.79 Å². The highest BCUT2D eigenvalue weighted by Crippen LogP contribution is 2.30. The number of hydrogen-bond donors (Lipinski definition) is 2. The third-order valence-electron chi connectivity index (χ3n) is 3.72. The molecule has 1 unspecified atom stereocenters. The Hall–Kier alpha value is -1.85. The van der Waals surface area contributed by atoms with Gasteiger partial charge in [-0.2, -0.15) is 0 Å². The number of nitrogens with one attached hydrogen (secondary N) is 1. The van der Waals surface area contributed by atoms with Gasteiger partial charge in [-0.15, -0.1) is 0 Å². The largest absolute Gasteiger partial charge is 0.323 e. The van der Waals surface area contributed by atoms with Crippen molar-refractivity contribution >= 4 is 27.6 Å². The zero-order valence-electron chi connectivity index (χ0n) is 11.6. The fourth-order valence-corrected chi connectivity index (χ4v) is 3.04. The number of hydrogen-bond acceptors (Lipinski definition) is 2. The average molecular weight is 346 g/mol. The fourth-order valence-electron chi connectivity index (χ4n) is 2.50. The molecule has 4 nitrogen and oxygen atoms in total. The summed E-state index contributed by atoms with van der Waals surface area (Å²) in [5, 5.41) is 2.86. The van der Waals surface area contributed by atoms with Crippen LogP contribution in [0.1, 0.15) is 22.7 Å². The molecule has 0 saturated heterocycles. The Morgan fingerprint density at radius 3 is 2.81 bits per heavy atom. The van der Waals surface area contributed by atoms with Crippen LogP contribution in [-0.2, 0) is 6.54 Å². The number of rotatable bonds is 2. The molecule has 0 fully saturated rings. The summed E-state index contributed by atoms with van der Waals surface area (Å²) < 4.78 is 1.00. The van der Waals surface area contributed by atoms with Gasteiger partial charge in [0, 0.05) is 23.8 Å². The van der Waals surface area contributed by atoms with Crippen LogP contribution in [0.5, 0.6) is 0 Å². The SMILES string of the molecule is CN1Cc2cc(C(N)c3ccccc3Br)ccc2NC1=O. The van der Waals surface area contributed by atoms with Crippen LogP contribution in [0.2, 0.25) is 0 Å². The van der Waals surface area contributed by atoms with Crippen molar-refractivity contribution in [1.29, 1.82) is 0 Å². The monoisotopic (exact) mass is 345 g/mol. The molecule has 2 amide bonds. The first-order chi connectivity index (χ1) is 10.1. The van der Waals surface area contributed by atoms with Crippen LogP contribution in [-0.4, -0.2) is 18.0 Å². The minimum absolute atomic E-state index is 0.0784. The topological polar surface area (TPSA) is 58.4 Å². The minimum Gasteiger partial charge on any atom is -0.323 e. The molecule has 0 saturated carbocycles. The second-order valence-electron chi connectivity index (χ2n) is 5.20. The van der Waals surface area contributed by atoms with Crippen LogP contribution < -0.4 is 11.1 Å². The highest BCUT2D eigenvalue weighted by molar-refractivity contribution is 9.10. The predicted molar refractivity (Wildman–Crippen MR) is 87.1 cm³/mol. The average Bonchev–Trinajstić information content (AvgIpc) is 2.48. The predicted octanol–water partition coefficient (Wildman–Crippen LogP) is 3.47. The van der Waals surface area contributed by atoms with E-state index in [0.717, 1.165) is 26.9 Å². The molecule has 1 atom stereocenters. The second-order valence-corrected chi connectivity index (χ2v) is 6.06. The van der Waals surface area contributed by atoms with Crippen LogP contribution >= 0.6 is 15.9 Å².